The van der Waals surface area contributed by atoms with Crippen LogP contribution < -0.4 is 9.47 Å². The lowest BCUT2D eigenvalue weighted by Gasteiger charge is -2.21. The lowest BCUT2D eigenvalue weighted by Crippen LogP contribution is -2.29. The van der Waals surface area contributed by atoms with Gasteiger partial charge in [-0.25, -0.2) is 0 Å². The molecule has 3 heterocycles. The van der Waals surface area contributed by atoms with Crippen LogP contribution in [0.15, 0.2) is 63.8 Å². The summed E-state index contributed by atoms with van der Waals surface area (Å²) in [6.45, 7) is 0.970. The fourth-order valence-electron chi connectivity index (χ4n) is 2.61. The summed E-state index contributed by atoms with van der Waals surface area (Å²) in [5.41, 5.74) is 0.936. The molecule has 0 fully saturated rings. The highest BCUT2D eigenvalue weighted by molar-refractivity contribution is 5.91. The second-order valence-electron chi connectivity index (χ2n) is 5.41. The second kappa shape index (κ2) is 6.16. The van der Waals surface area contributed by atoms with Gasteiger partial charge < -0.3 is 23.2 Å². The standard InChI is InChI=1S/C18H15NO5/c20-18(16-4-2-8-22-16)19(11-14-3-1-7-21-14)10-13-5-6-15-17(9-13)24-12-23-15/h1-9H,10-12H2. The van der Waals surface area contributed by atoms with Gasteiger partial charge in [-0.15, -0.1) is 0 Å². The maximum Gasteiger partial charge on any atom is 0.290 e. The first-order valence-electron chi connectivity index (χ1n) is 7.53. The number of furan rings is 2. The average molecular weight is 325 g/mol. The summed E-state index contributed by atoms with van der Waals surface area (Å²) in [6.07, 6.45) is 3.07. The molecule has 0 atom stereocenters. The van der Waals surface area contributed by atoms with E-state index in [-0.39, 0.29) is 12.7 Å². The molecule has 6 nitrogen and oxygen atoms in total. The number of benzene rings is 1. The Bertz CT molecular complexity index is 823. The monoisotopic (exact) mass is 325 g/mol. The predicted octanol–water partition coefficient (Wildman–Crippen LogP) is 3.44. The van der Waals surface area contributed by atoms with Crippen molar-refractivity contribution >= 4 is 5.91 Å². The molecule has 6 heteroatoms. The number of hydrogen-bond acceptors (Lipinski definition) is 5. The van der Waals surface area contributed by atoms with E-state index in [1.54, 1.807) is 29.4 Å². The fourth-order valence-corrected chi connectivity index (χ4v) is 2.61. The van der Waals surface area contributed by atoms with E-state index in [1.165, 1.54) is 6.26 Å². The van der Waals surface area contributed by atoms with E-state index in [9.17, 15) is 4.79 Å². The Morgan fingerprint density at radius 3 is 2.58 bits per heavy atom. The molecular weight excluding hydrogens is 310 g/mol. The van der Waals surface area contributed by atoms with Crippen molar-refractivity contribution < 1.29 is 23.1 Å². The summed E-state index contributed by atoms with van der Waals surface area (Å²) in [7, 11) is 0. The van der Waals surface area contributed by atoms with Crippen LogP contribution in [0.4, 0.5) is 0 Å². The lowest BCUT2D eigenvalue weighted by molar-refractivity contribution is 0.0685. The zero-order valence-corrected chi connectivity index (χ0v) is 12.8. The molecule has 0 aliphatic carbocycles. The van der Waals surface area contributed by atoms with Gasteiger partial charge in [0, 0.05) is 6.54 Å². The van der Waals surface area contributed by atoms with Crippen LogP contribution in [-0.2, 0) is 13.1 Å². The van der Waals surface area contributed by atoms with E-state index in [0.717, 1.165) is 5.56 Å². The Kier molecular flexibility index (Phi) is 3.70. The van der Waals surface area contributed by atoms with Crippen LogP contribution in [0.5, 0.6) is 11.5 Å². The van der Waals surface area contributed by atoms with Gasteiger partial charge in [-0.3, -0.25) is 4.79 Å². The van der Waals surface area contributed by atoms with Crippen molar-refractivity contribution in [2.45, 2.75) is 13.1 Å². The number of amides is 1. The molecule has 0 saturated heterocycles. The molecule has 0 radical (unpaired) electrons. The van der Waals surface area contributed by atoms with E-state index in [0.29, 0.717) is 36.1 Å². The van der Waals surface area contributed by atoms with Gasteiger partial charge in [0.1, 0.15) is 5.76 Å². The van der Waals surface area contributed by atoms with Crippen molar-refractivity contribution in [3.05, 3.63) is 72.1 Å². The first-order valence-corrected chi connectivity index (χ1v) is 7.53. The molecule has 24 heavy (non-hydrogen) atoms. The minimum Gasteiger partial charge on any atom is -0.467 e. The van der Waals surface area contributed by atoms with Crippen LogP contribution in [0.25, 0.3) is 0 Å². The third-order valence-electron chi connectivity index (χ3n) is 3.76. The van der Waals surface area contributed by atoms with Crippen molar-refractivity contribution in [2.75, 3.05) is 6.79 Å². The summed E-state index contributed by atoms with van der Waals surface area (Å²) < 4.78 is 21.3. The van der Waals surface area contributed by atoms with Crippen LogP contribution in [0, 0.1) is 0 Å². The number of fused-ring (bicyclic) bond motifs is 1. The van der Waals surface area contributed by atoms with E-state index in [2.05, 4.69) is 0 Å². The largest absolute Gasteiger partial charge is 0.467 e. The highest BCUT2D eigenvalue weighted by Gasteiger charge is 2.21. The molecule has 122 valence electrons. The number of ether oxygens (including phenoxy) is 2. The zero-order valence-electron chi connectivity index (χ0n) is 12.8. The molecular formula is C18H15NO5. The summed E-state index contributed by atoms with van der Waals surface area (Å²) in [5, 5.41) is 0. The molecule has 0 bridgehead atoms. The topological polar surface area (TPSA) is 65.1 Å². The molecule has 1 amide bonds. The maximum atomic E-state index is 12.7. The van der Waals surface area contributed by atoms with Crippen molar-refractivity contribution in [1.82, 2.24) is 4.90 Å². The Morgan fingerprint density at radius 1 is 0.958 bits per heavy atom. The Morgan fingerprint density at radius 2 is 1.79 bits per heavy atom. The molecule has 2 aromatic heterocycles. The summed E-state index contributed by atoms with van der Waals surface area (Å²) in [6, 6.07) is 12.6. The molecule has 0 N–H and O–H groups in total. The van der Waals surface area contributed by atoms with Gasteiger partial charge in [-0.05, 0) is 42.0 Å². The molecule has 0 saturated carbocycles. The summed E-state index contributed by atoms with van der Waals surface area (Å²) >= 11 is 0. The number of carbonyl (C=O) groups is 1. The number of hydrogen-bond donors (Lipinski definition) is 0. The van der Waals surface area contributed by atoms with Crippen LogP contribution in [-0.4, -0.2) is 17.6 Å². The van der Waals surface area contributed by atoms with E-state index in [1.807, 2.05) is 24.3 Å². The van der Waals surface area contributed by atoms with Crippen LogP contribution in [0.3, 0.4) is 0 Å². The maximum absolute atomic E-state index is 12.7. The van der Waals surface area contributed by atoms with Crippen LogP contribution >= 0.6 is 0 Å². The normalized spacial score (nSPS) is 12.3. The average Bonchev–Trinajstić information content (AvgIpc) is 3.34. The molecule has 1 aliphatic rings. The summed E-state index contributed by atoms with van der Waals surface area (Å²) in [5.74, 6) is 2.21. The number of rotatable bonds is 5. The van der Waals surface area contributed by atoms with Crippen molar-refractivity contribution in [1.29, 1.82) is 0 Å². The SMILES string of the molecule is O=C(c1ccco1)N(Cc1ccc2c(c1)OCO2)Cc1ccco1. The third-order valence-corrected chi connectivity index (χ3v) is 3.76. The minimum absolute atomic E-state index is 0.200. The van der Waals surface area contributed by atoms with Crippen molar-refractivity contribution in [2.24, 2.45) is 0 Å². The van der Waals surface area contributed by atoms with Gasteiger partial charge in [0.2, 0.25) is 6.79 Å². The van der Waals surface area contributed by atoms with Crippen molar-refractivity contribution in [3.63, 3.8) is 0 Å². The molecule has 1 aromatic carbocycles. The highest BCUT2D eigenvalue weighted by Crippen LogP contribution is 2.33. The van der Waals surface area contributed by atoms with Gasteiger partial charge in [0.25, 0.3) is 5.91 Å². The molecule has 1 aliphatic heterocycles. The highest BCUT2D eigenvalue weighted by atomic mass is 16.7. The van der Waals surface area contributed by atoms with E-state index >= 15 is 0 Å². The summed E-state index contributed by atoms with van der Waals surface area (Å²) in [4.78, 5) is 14.4. The number of nitrogens with zero attached hydrogens (tertiary/aromatic N) is 1. The predicted molar refractivity (Wildman–Crippen MR) is 83.6 cm³/mol. The smallest absolute Gasteiger partial charge is 0.290 e. The van der Waals surface area contributed by atoms with Gasteiger partial charge >= 0.3 is 0 Å². The van der Waals surface area contributed by atoms with Gasteiger partial charge in [-0.1, -0.05) is 6.07 Å². The van der Waals surface area contributed by atoms with E-state index in [4.69, 9.17) is 18.3 Å². The van der Waals surface area contributed by atoms with E-state index < -0.39 is 0 Å². The number of carbonyl (C=O) groups excluding carboxylic acids is 1. The third kappa shape index (κ3) is 2.86. The molecule has 4 rings (SSSR count). The van der Waals surface area contributed by atoms with Crippen LogP contribution in [0.1, 0.15) is 21.9 Å². The van der Waals surface area contributed by atoms with Crippen molar-refractivity contribution in [3.8, 4) is 11.5 Å². The molecule has 0 spiro atoms. The van der Waals surface area contributed by atoms with Gasteiger partial charge in [0.05, 0.1) is 19.1 Å². The first-order chi connectivity index (χ1) is 11.8. The Labute approximate surface area is 138 Å². The minimum atomic E-state index is -0.200. The first kappa shape index (κ1) is 14.4. The zero-order chi connectivity index (χ0) is 16.4. The molecule has 0 unspecified atom stereocenters. The molecule has 3 aromatic rings. The quantitative estimate of drug-likeness (QED) is 0.719. The van der Waals surface area contributed by atoms with Crippen LogP contribution in [0.2, 0.25) is 0 Å². The second-order valence-corrected chi connectivity index (χ2v) is 5.41. The lowest BCUT2D eigenvalue weighted by atomic mass is 10.1. The van der Waals surface area contributed by atoms with Gasteiger partial charge in [-0.2, -0.15) is 0 Å². The Hall–Kier alpha value is -3.15. The Balaban J connectivity index is 1.58. The van der Waals surface area contributed by atoms with Gasteiger partial charge in [0.15, 0.2) is 17.3 Å². The fraction of sp³-hybridized carbons (Fsp3) is 0.167.